The van der Waals surface area contributed by atoms with Crippen LogP contribution in [0.1, 0.15) is 39.7 Å². The number of benzene rings is 1. The molecule has 0 aliphatic carbocycles. The molecule has 0 radical (unpaired) electrons. The first-order chi connectivity index (χ1) is 9.96. The molecule has 3 heteroatoms. The van der Waals surface area contributed by atoms with Gasteiger partial charge in [-0.2, -0.15) is 11.8 Å². The second-order valence-electron chi connectivity index (χ2n) is 6.50. The molecule has 2 nitrogen and oxygen atoms in total. The molecule has 0 bridgehead atoms. The topological polar surface area (TPSA) is 21.3 Å². The number of hydrogen-bond donors (Lipinski definition) is 1. The Morgan fingerprint density at radius 1 is 1.24 bits per heavy atom. The van der Waals surface area contributed by atoms with E-state index in [4.69, 9.17) is 4.74 Å². The van der Waals surface area contributed by atoms with Crippen LogP contribution in [0, 0.1) is 5.92 Å². The van der Waals surface area contributed by atoms with Crippen LogP contribution in [0.4, 0.5) is 0 Å². The molecule has 0 aliphatic rings. The third-order valence-corrected chi connectivity index (χ3v) is 4.43. The molecule has 1 atom stereocenters. The van der Waals surface area contributed by atoms with Crippen molar-refractivity contribution in [2.24, 2.45) is 5.92 Å². The van der Waals surface area contributed by atoms with Crippen molar-refractivity contribution in [1.82, 2.24) is 5.32 Å². The molecular weight excluding hydrogens is 278 g/mol. The van der Waals surface area contributed by atoms with E-state index in [-0.39, 0.29) is 5.54 Å². The van der Waals surface area contributed by atoms with Gasteiger partial charge in [0.1, 0.15) is 5.75 Å². The molecular formula is C18H31NOS. The highest BCUT2D eigenvalue weighted by Gasteiger charge is 2.16. The van der Waals surface area contributed by atoms with E-state index in [1.54, 1.807) is 7.11 Å². The Kier molecular flexibility index (Phi) is 8.20. The van der Waals surface area contributed by atoms with E-state index in [9.17, 15) is 0 Å². The number of hydrogen-bond acceptors (Lipinski definition) is 3. The minimum absolute atomic E-state index is 0.178. The van der Waals surface area contributed by atoms with Gasteiger partial charge in [-0.05, 0) is 69.2 Å². The third kappa shape index (κ3) is 7.77. The van der Waals surface area contributed by atoms with Crippen LogP contribution in [-0.2, 0) is 6.42 Å². The lowest BCUT2D eigenvalue weighted by Crippen LogP contribution is -2.39. The smallest absolute Gasteiger partial charge is 0.122 e. The van der Waals surface area contributed by atoms with Crippen molar-refractivity contribution in [3.63, 3.8) is 0 Å². The zero-order valence-corrected chi connectivity index (χ0v) is 15.1. The van der Waals surface area contributed by atoms with Gasteiger partial charge >= 0.3 is 0 Å². The van der Waals surface area contributed by atoms with Crippen LogP contribution in [0.15, 0.2) is 24.3 Å². The van der Waals surface area contributed by atoms with Gasteiger partial charge in [-0.15, -0.1) is 0 Å². The summed E-state index contributed by atoms with van der Waals surface area (Å²) in [5, 5.41) is 3.66. The summed E-state index contributed by atoms with van der Waals surface area (Å²) >= 11 is 2.03. The van der Waals surface area contributed by atoms with Crippen LogP contribution < -0.4 is 10.1 Å². The van der Waals surface area contributed by atoms with E-state index >= 15 is 0 Å². The SMILES string of the molecule is CCSCCC(CNC(C)(C)C)Cc1ccccc1OC. The number of thioether (sulfide) groups is 1. The van der Waals surface area contributed by atoms with Crippen LogP contribution in [-0.4, -0.2) is 30.7 Å². The molecule has 0 saturated carbocycles. The highest BCUT2D eigenvalue weighted by atomic mass is 32.2. The zero-order valence-electron chi connectivity index (χ0n) is 14.2. The minimum Gasteiger partial charge on any atom is -0.496 e. The molecule has 0 aromatic heterocycles. The van der Waals surface area contributed by atoms with Gasteiger partial charge in [0.15, 0.2) is 0 Å². The monoisotopic (exact) mass is 309 g/mol. The second kappa shape index (κ2) is 9.37. The van der Waals surface area contributed by atoms with Crippen molar-refractivity contribution in [3.8, 4) is 5.75 Å². The summed E-state index contributed by atoms with van der Waals surface area (Å²) in [4.78, 5) is 0. The van der Waals surface area contributed by atoms with Gasteiger partial charge in [0, 0.05) is 5.54 Å². The van der Waals surface area contributed by atoms with E-state index in [0.717, 1.165) is 18.7 Å². The molecule has 1 aromatic carbocycles. The highest BCUT2D eigenvalue weighted by molar-refractivity contribution is 7.99. The fourth-order valence-electron chi connectivity index (χ4n) is 2.30. The Morgan fingerprint density at radius 3 is 2.57 bits per heavy atom. The first kappa shape index (κ1) is 18.4. The molecule has 0 amide bonds. The van der Waals surface area contributed by atoms with Crippen molar-refractivity contribution >= 4 is 11.8 Å². The number of methoxy groups -OCH3 is 1. The van der Waals surface area contributed by atoms with Crippen molar-refractivity contribution in [3.05, 3.63) is 29.8 Å². The van der Waals surface area contributed by atoms with Crippen molar-refractivity contribution in [1.29, 1.82) is 0 Å². The number of ether oxygens (including phenoxy) is 1. The molecule has 0 fully saturated rings. The lowest BCUT2D eigenvalue weighted by molar-refractivity contribution is 0.358. The summed E-state index contributed by atoms with van der Waals surface area (Å²) in [6.07, 6.45) is 2.33. The van der Waals surface area contributed by atoms with Crippen molar-refractivity contribution in [2.75, 3.05) is 25.2 Å². The maximum atomic E-state index is 5.49. The molecule has 0 heterocycles. The van der Waals surface area contributed by atoms with Gasteiger partial charge in [-0.1, -0.05) is 25.1 Å². The third-order valence-electron chi connectivity index (χ3n) is 3.50. The Labute approximate surface area is 135 Å². The van der Waals surface area contributed by atoms with Crippen LogP contribution in [0.25, 0.3) is 0 Å². The maximum absolute atomic E-state index is 5.49. The van der Waals surface area contributed by atoms with Crippen LogP contribution in [0.5, 0.6) is 5.75 Å². The van der Waals surface area contributed by atoms with E-state index in [1.807, 2.05) is 17.8 Å². The quantitative estimate of drug-likeness (QED) is 0.684. The second-order valence-corrected chi connectivity index (χ2v) is 7.89. The lowest BCUT2D eigenvalue weighted by atomic mass is 9.95. The molecule has 21 heavy (non-hydrogen) atoms. The first-order valence-electron chi connectivity index (χ1n) is 7.91. The summed E-state index contributed by atoms with van der Waals surface area (Å²) in [6, 6.07) is 8.39. The number of rotatable bonds is 9. The summed E-state index contributed by atoms with van der Waals surface area (Å²) < 4.78 is 5.49. The standard InChI is InChI=1S/C18H31NOS/c1-6-21-12-11-15(14-19-18(2,3)4)13-16-9-7-8-10-17(16)20-5/h7-10,15,19H,6,11-14H2,1-5H3. The van der Waals surface area contributed by atoms with E-state index in [0.29, 0.717) is 5.92 Å². The summed E-state index contributed by atoms with van der Waals surface area (Å²) in [5.74, 6) is 4.11. The van der Waals surface area contributed by atoms with Crippen molar-refractivity contribution in [2.45, 2.75) is 46.1 Å². The number of para-hydroxylation sites is 1. The van der Waals surface area contributed by atoms with Gasteiger partial charge in [0.2, 0.25) is 0 Å². The van der Waals surface area contributed by atoms with Gasteiger partial charge in [0.05, 0.1) is 7.11 Å². The molecule has 0 spiro atoms. The summed E-state index contributed by atoms with van der Waals surface area (Å²) in [7, 11) is 1.76. The lowest BCUT2D eigenvalue weighted by Gasteiger charge is -2.26. The molecule has 1 N–H and O–H groups in total. The average molecular weight is 310 g/mol. The molecule has 0 saturated heterocycles. The Hall–Kier alpha value is -0.670. The first-order valence-corrected chi connectivity index (χ1v) is 9.06. The normalized spacial score (nSPS) is 13.2. The average Bonchev–Trinajstić information content (AvgIpc) is 2.44. The van der Waals surface area contributed by atoms with Gasteiger partial charge < -0.3 is 10.1 Å². The summed E-state index contributed by atoms with van der Waals surface area (Å²) in [5.41, 5.74) is 1.50. The summed E-state index contributed by atoms with van der Waals surface area (Å²) in [6.45, 7) is 9.98. The zero-order chi connectivity index (χ0) is 15.7. The van der Waals surface area contributed by atoms with Crippen LogP contribution >= 0.6 is 11.8 Å². The Morgan fingerprint density at radius 2 is 1.95 bits per heavy atom. The van der Waals surface area contributed by atoms with Crippen LogP contribution in [0.3, 0.4) is 0 Å². The minimum atomic E-state index is 0.178. The fourth-order valence-corrected chi connectivity index (χ4v) is 3.09. The van der Waals surface area contributed by atoms with Crippen LogP contribution in [0.2, 0.25) is 0 Å². The molecule has 1 rings (SSSR count). The van der Waals surface area contributed by atoms with Crippen molar-refractivity contribution < 1.29 is 4.74 Å². The maximum Gasteiger partial charge on any atom is 0.122 e. The number of nitrogens with one attached hydrogen (secondary N) is 1. The molecule has 120 valence electrons. The predicted molar refractivity (Wildman–Crippen MR) is 95.6 cm³/mol. The Balaban J connectivity index is 2.66. The van der Waals surface area contributed by atoms with E-state index in [2.05, 4.69) is 51.2 Å². The van der Waals surface area contributed by atoms with E-state index < -0.39 is 0 Å². The molecule has 1 aromatic rings. The fraction of sp³-hybridized carbons (Fsp3) is 0.667. The van der Waals surface area contributed by atoms with Gasteiger partial charge in [-0.25, -0.2) is 0 Å². The largest absolute Gasteiger partial charge is 0.496 e. The van der Waals surface area contributed by atoms with Gasteiger partial charge in [-0.3, -0.25) is 0 Å². The predicted octanol–water partition coefficient (Wildman–Crippen LogP) is 4.39. The molecule has 1 unspecified atom stereocenters. The van der Waals surface area contributed by atoms with E-state index in [1.165, 1.54) is 23.5 Å². The Bertz CT molecular complexity index is 400. The molecule has 0 aliphatic heterocycles. The van der Waals surface area contributed by atoms with Gasteiger partial charge in [0.25, 0.3) is 0 Å². The highest BCUT2D eigenvalue weighted by Crippen LogP contribution is 2.23.